The van der Waals surface area contributed by atoms with E-state index in [1.165, 1.54) is 12.2 Å². The first-order valence-corrected chi connectivity index (χ1v) is 7.96. The Morgan fingerprint density at radius 1 is 1.08 bits per heavy atom. The van der Waals surface area contributed by atoms with Gasteiger partial charge in [-0.3, -0.25) is 0 Å². The minimum absolute atomic E-state index is 0.199. The Bertz CT molecular complexity index is 737. The average Bonchev–Trinajstić information content (AvgIpc) is 2.60. The first kappa shape index (κ1) is 18.1. The van der Waals surface area contributed by atoms with Gasteiger partial charge >= 0.3 is 5.97 Å². The Morgan fingerprint density at radius 3 is 2.50 bits per heavy atom. The van der Waals surface area contributed by atoms with Gasteiger partial charge in [-0.2, -0.15) is 0 Å². The van der Waals surface area contributed by atoms with Crippen LogP contribution in [0.15, 0.2) is 61.2 Å². The predicted octanol–water partition coefficient (Wildman–Crippen LogP) is 5.31. The van der Waals surface area contributed by atoms with Crippen LogP contribution in [0.25, 0.3) is 6.08 Å². The monoisotopic (exact) mass is 362 g/mol. The van der Waals surface area contributed by atoms with E-state index in [9.17, 15) is 4.79 Å². The topological polar surface area (TPSA) is 35.5 Å². The summed E-state index contributed by atoms with van der Waals surface area (Å²) >= 11 is 11.8. The SMILES string of the molecule is C=CCOC(=O)/C=C/c1ccc(OCc2ccc(Cl)c(Cl)c2)cc1. The molecule has 0 saturated heterocycles. The van der Waals surface area contributed by atoms with Crippen molar-refractivity contribution in [2.75, 3.05) is 6.61 Å². The molecule has 24 heavy (non-hydrogen) atoms. The van der Waals surface area contributed by atoms with Crippen LogP contribution in [-0.2, 0) is 16.1 Å². The van der Waals surface area contributed by atoms with Gasteiger partial charge in [0.2, 0.25) is 0 Å². The maximum Gasteiger partial charge on any atom is 0.331 e. The van der Waals surface area contributed by atoms with Crippen molar-refractivity contribution in [3.63, 3.8) is 0 Å². The van der Waals surface area contributed by atoms with Gasteiger partial charge in [-0.25, -0.2) is 4.79 Å². The smallest absolute Gasteiger partial charge is 0.331 e. The lowest BCUT2D eigenvalue weighted by Gasteiger charge is -2.07. The summed E-state index contributed by atoms with van der Waals surface area (Å²) in [5.41, 5.74) is 1.80. The van der Waals surface area contributed by atoms with Gasteiger partial charge in [0.1, 0.15) is 19.0 Å². The van der Waals surface area contributed by atoms with Crippen molar-refractivity contribution in [1.82, 2.24) is 0 Å². The van der Waals surface area contributed by atoms with Gasteiger partial charge in [0.05, 0.1) is 10.0 Å². The van der Waals surface area contributed by atoms with Crippen LogP contribution in [0.5, 0.6) is 5.75 Å². The van der Waals surface area contributed by atoms with Gasteiger partial charge in [-0.1, -0.05) is 54.1 Å². The number of hydrogen-bond donors (Lipinski definition) is 0. The van der Waals surface area contributed by atoms with Gasteiger partial charge < -0.3 is 9.47 Å². The zero-order valence-electron chi connectivity index (χ0n) is 12.9. The molecule has 2 rings (SSSR count). The number of esters is 1. The molecule has 0 atom stereocenters. The Hall–Kier alpha value is -2.23. The molecule has 0 saturated carbocycles. The molecule has 2 aromatic rings. The van der Waals surface area contributed by atoms with Crippen LogP contribution in [0.1, 0.15) is 11.1 Å². The molecule has 0 N–H and O–H groups in total. The summed E-state index contributed by atoms with van der Waals surface area (Å²) in [5.74, 6) is 0.308. The number of hydrogen-bond acceptors (Lipinski definition) is 3. The van der Waals surface area contributed by atoms with Crippen molar-refractivity contribution in [2.24, 2.45) is 0 Å². The van der Waals surface area contributed by atoms with Crippen molar-refractivity contribution in [1.29, 1.82) is 0 Å². The van der Waals surface area contributed by atoms with Gasteiger partial charge in [0, 0.05) is 6.08 Å². The lowest BCUT2D eigenvalue weighted by Crippen LogP contribution is -1.99. The molecule has 0 aliphatic carbocycles. The third-order valence-electron chi connectivity index (χ3n) is 3.02. The quantitative estimate of drug-likeness (QED) is 0.380. The van der Waals surface area contributed by atoms with Gasteiger partial charge in [0.15, 0.2) is 0 Å². The fourth-order valence-corrected chi connectivity index (χ4v) is 2.15. The molecule has 0 aliphatic rings. The molecule has 0 bridgehead atoms. The first-order chi connectivity index (χ1) is 11.6. The predicted molar refractivity (Wildman–Crippen MR) is 97.4 cm³/mol. The lowest BCUT2D eigenvalue weighted by molar-refractivity contribution is -0.136. The van der Waals surface area contributed by atoms with Crippen LogP contribution in [-0.4, -0.2) is 12.6 Å². The minimum Gasteiger partial charge on any atom is -0.489 e. The zero-order valence-corrected chi connectivity index (χ0v) is 14.4. The van der Waals surface area contributed by atoms with Crippen molar-refractivity contribution in [3.8, 4) is 5.75 Å². The third kappa shape index (κ3) is 5.76. The summed E-state index contributed by atoms with van der Waals surface area (Å²) < 4.78 is 10.5. The zero-order chi connectivity index (χ0) is 17.4. The molecule has 0 spiro atoms. The van der Waals surface area contributed by atoms with E-state index >= 15 is 0 Å². The molecule has 0 aliphatic heterocycles. The average molecular weight is 363 g/mol. The highest BCUT2D eigenvalue weighted by Gasteiger charge is 2.01. The summed E-state index contributed by atoms with van der Waals surface area (Å²) in [5, 5.41) is 1.02. The van der Waals surface area contributed by atoms with Gasteiger partial charge in [-0.15, -0.1) is 0 Å². The summed E-state index contributed by atoms with van der Waals surface area (Å²) in [6.45, 7) is 4.07. The summed E-state index contributed by atoms with van der Waals surface area (Å²) in [6.07, 6.45) is 4.56. The van der Waals surface area contributed by atoms with E-state index in [1.807, 2.05) is 30.3 Å². The highest BCUT2D eigenvalue weighted by Crippen LogP contribution is 2.23. The highest BCUT2D eigenvalue weighted by atomic mass is 35.5. The second kappa shape index (κ2) is 9.16. The van der Waals surface area contributed by atoms with E-state index < -0.39 is 5.97 Å². The molecule has 2 aromatic carbocycles. The number of ether oxygens (including phenoxy) is 2. The fourth-order valence-electron chi connectivity index (χ4n) is 1.82. The minimum atomic E-state index is -0.408. The van der Waals surface area contributed by atoms with Crippen molar-refractivity contribution >= 4 is 35.2 Å². The van der Waals surface area contributed by atoms with E-state index in [0.717, 1.165) is 11.1 Å². The maximum absolute atomic E-state index is 11.4. The first-order valence-electron chi connectivity index (χ1n) is 7.21. The second-order valence-corrected chi connectivity index (χ2v) is 5.67. The number of carbonyl (C=O) groups is 1. The molecular weight excluding hydrogens is 347 g/mol. The molecule has 0 fully saturated rings. The number of rotatable bonds is 7. The Balaban J connectivity index is 1.89. The maximum atomic E-state index is 11.4. The standard InChI is InChI=1S/C19H16Cl2O3/c1-2-11-23-19(22)10-6-14-3-7-16(8-4-14)24-13-15-5-9-17(20)18(21)12-15/h2-10,12H,1,11,13H2/b10-6+. The largest absolute Gasteiger partial charge is 0.489 e. The molecule has 5 heteroatoms. The normalized spacial score (nSPS) is 10.6. The number of benzene rings is 2. The van der Waals surface area contributed by atoms with E-state index in [-0.39, 0.29) is 6.61 Å². The fraction of sp³-hybridized carbons (Fsp3) is 0.105. The van der Waals surface area contributed by atoms with Crippen LogP contribution in [0.4, 0.5) is 0 Å². The Labute approximate surface area is 151 Å². The molecule has 0 unspecified atom stereocenters. The molecule has 0 amide bonds. The van der Waals surface area contributed by atoms with Crippen LogP contribution < -0.4 is 4.74 Å². The second-order valence-electron chi connectivity index (χ2n) is 4.86. The van der Waals surface area contributed by atoms with E-state index in [4.69, 9.17) is 32.7 Å². The summed E-state index contributed by atoms with van der Waals surface area (Å²) in [6, 6.07) is 12.7. The number of carbonyl (C=O) groups excluding carboxylic acids is 1. The molecule has 124 valence electrons. The summed E-state index contributed by atoms with van der Waals surface area (Å²) in [4.78, 5) is 11.4. The highest BCUT2D eigenvalue weighted by molar-refractivity contribution is 6.42. The van der Waals surface area contributed by atoms with Crippen LogP contribution in [0.3, 0.4) is 0 Å². The summed E-state index contributed by atoms with van der Waals surface area (Å²) in [7, 11) is 0. The van der Waals surface area contributed by atoms with Crippen molar-refractivity contribution in [2.45, 2.75) is 6.61 Å². The van der Waals surface area contributed by atoms with Gasteiger partial charge in [0.25, 0.3) is 0 Å². The van der Waals surface area contributed by atoms with Gasteiger partial charge in [-0.05, 0) is 41.5 Å². The van der Waals surface area contributed by atoms with E-state index in [2.05, 4.69) is 6.58 Å². The number of halogens is 2. The van der Waals surface area contributed by atoms with Crippen LogP contribution in [0, 0.1) is 0 Å². The Kier molecular flexibility index (Phi) is 6.91. The molecular formula is C19H16Cl2O3. The Morgan fingerprint density at radius 2 is 1.83 bits per heavy atom. The van der Waals surface area contributed by atoms with E-state index in [1.54, 1.807) is 18.2 Å². The van der Waals surface area contributed by atoms with Crippen molar-refractivity contribution in [3.05, 3.63) is 82.4 Å². The van der Waals surface area contributed by atoms with E-state index in [0.29, 0.717) is 22.4 Å². The van der Waals surface area contributed by atoms with Crippen molar-refractivity contribution < 1.29 is 14.3 Å². The molecule has 0 heterocycles. The lowest BCUT2D eigenvalue weighted by atomic mass is 10.2. The van der Waals surface area contributed by atoms with Crippen LogP contribution >= 0.6 is 23.2 Å². The third-order valence-corrected chi connectivity index (χ3v) is 3.76. The molecule has 0 radical (unpaired) electrons. The molecule has 3 nitrogen and oxygen atoms in total. The molecule has 0 aromatic heterocycles. The van der Waals surface area contributed by atoms with Crippen LogP contribution in [0.2, 0.25) is 10.0 Å².